The molecule has 3 aliphatic rings. The highest BCUT2D eigenvalue weighted by atomic mass is 14.9. The van der Waals surface area contributed by atoms with Gasteiger partial charge in [0.15, 0.2) is 0 Å². The summed E-state index contributed by atoms with van der Waals surface area (Å²) in [5.41, 5.74) is 13.3. The second-order valence-electron chi connectivity index (χ2n) is 12.4. The van der Waals surface area contributed by atoms with E-state index in [4.69, 9.17) is 0 Å². The van der Waals surface area contributed by atoms with Crippen molar-refractivity contribution < 1.29 is 0 Å². The number of anilines is 2. The number of rotatable bonds is 2. The molecule has 1 nitrogen and oxygen atoms in total. The van der Waals surface area contributed by atoms with E-state index in [9.17, 15) is 0 Å². The minimum atomic E-state index is -0.259. The number of allylic oxidation sites excluding steroid dienone is 4. The lowest BCUT2D eigenvalue weighted by atomic mass is 9.69. The molecule has 0 heterocycles. The molecule has 218 valence electrons. The molecular weight excluding hydrogens is 555 g/mol. The van der Waals surface area contributed by atoms with Gasteiger partial charge < -0.3 is 5.32 Å². The molecule has 1 spiro atoms. The van der Waals surface area contributed by atoms with Crippen LogP contribution < -0.4 is 5.32 Å². The van der Waals surface area contributed by atoms with Gasteiger partial charge in [0.1, 0.15) is 0 Å². The van der Waals surface area contributed by atoms with Crippen LogP contribution in [0.1, 0.15) is 35.1 Å². The van der Waals surface area contributed by atoms with Crippen molar-refractivity contribution in [2.75, 3.05) is 5.32 Å². The summed E-state index contributed by atoms with van der Waals surface area (Å²) in [5.74, 6) is 0. The van der Waals surface area contributed by atoms with E-state index in [1.54, 1.807) is 0 Å². The molecule has 1 atom stereocenters. The van der Waals surface area contributed by atoms with Gasteiger partial charge in [-0.15, -0.1) is 0 Å². The van der Waals surface area contributed by atoms with E-state index in [1.807, 2.05) is 0 Å². The van der Waals surface area contributed by atoms with Crippen LogP contribution in [0, 0.1) is 0 Å². The number of fused-ring (bicyclic) bond motifs is 11. The van der Waals surface area contributed by atoms with Crippen LogP contribution in [0.4, 0.5) is 11.4 Å². The Kier molecular flexibility index (Phi) is 6.24. The quantitative estimate of drug-likeness (QED) is 0.212. The van der Waals surface area contributed by atoms with Gasteiger partial charge in [-0.3, -0.25) is 0 Å². The topological polar surface area (TPSA) is 12.0 Å². The highest BCUT2D eigenvalue weighted by Gasteiger charge is 2.52. The molecule has 3 aliphatic carbocycles. The Bertz CT molecular complexity index is 2290. The van der Waals surface area contributed by atoms with Crippen molar-refractivity contribution in [3.05, 3.63) is 198 Å². The first-order chi connectivity index (χ1) is 22.8. The Morgan fingerprint density at radius 3 is 1.83 bits per heavy atom. The SMILES string of the molecule is C1=CC2=C(CC1)c1ccccc1C21c2ccccc2-c2ccc(Nc3cccc4ccccc34)cc21.c1ccc2ccccc2c1. The van der Waals surface area contributed by atoms with E-state index in [0.29, 0.717) is 0 Å². The zero-order chi connectivity index (χ0) is 30.5. The largest absolute Gasteiger partial charge is 0.355 e. The molecule has 0 bridgehead atoms. The molecule has 0 aliphatic heterocycles. The van der Waals surface area contributed by atoms with Crippen molar-refractivity contribution in [3.63, 3.8) is 0 Å². The molecule has 46 heavy (non-hydrogen) atoms. The first-order valence-corrected chi connectivity index (χ1v) is 16.3. The number of hydrogen-bond donors (Lipinski definition) is 1. The van der Waals surface area contributed by atoms with Crippen molar-refractivity contribution in [1.29, 1.82) is 0 Å². The zero-order valence-electron chi connectivity index (χ0n) is 25.6. The molecule has 1 heteroatoms. The lowest BCUT2D eigenvalue weighted by Crippen LogP contribution is -2.27. The lowest BCUT2D eigenvalue weighted by Gasteiger charge is -2.32. The summed E-state index contributed by atoms with van der Waals surface area (Å²) in [7, 11) is 0. The van der Waals surface area contributed by atoms with Crippen LogP contribution in [0.5, 0.6) is 0 Å². The van der Waals surface area contributed by atoms with Crippen LogP contribution >= 0.6 is 0 Å². The van der Waals surface area contributed by atoms with Gasteiger partial charge in [0.05, 0.1) is 5.41 Å². The van der Waals surface area contributed by atoms with Crippen molar-refractivity contribution in [1.82, 2.24) is 0 Å². The summed E-state index contributed by atoms with van der Waals surface area (Å²) in [6, 6.07) is 56.9. The van der Waals surface area contributed by atoms with Crippen LogP contribution in [0.25, 0.3) is 38.2 Å². The average molecular weight is 588 g/mol. The summed E-state index contributed by atoms with van der Waals surface area (Å²) in [4.78, 5) is 0. The van der Waals surface area contributed by atoms with Crippen LogP contribution in [0.15, 0.2) is 175 Å². The van der Waals surface area contributed by atoms with Gasteiger partial charge in [-0.05, 0) is 91.7 Å². The molecule has 0 radical (unpaired) electrons. The van der Waals surface area contributed by atoms with E-state index in [2.05, 4.69) is 175 Å². The highest BCUT2D eigenvalue weighted by molar-refractivity contribution is 5.98. The van der Waals surface area contributed by atoms with Gasteiger partial charge >= 0.3 is 0 Å². The maximum Gasteiger partial charge on any atom is 0.0722 e. The minimum Gasteiger partial charge on any atom is -0.355 e. The fraction of sp³-hybridized carbons (Fsp3) is 0.0667. The molecule has 10 rings (SSSR count). The van der Waals surface area contributed by atoms with E-state index >= 15 is 0 Å². The van der Waals surface area contributed by atoms with E-state index in [-0.39, 0.29) is 5.41 Å². The summed E-state index contributed by atoms with van der Waals surface area (Å²) in [6.07, 6.45) is 7.00. The smallest absolute Gasteiger partial charge is 0.0722 e. The molecule has 1 unspecified atom stereocenters. The van der Waals surface area contributed by atoms with Crippen molar-refractivity contribution in [2.45, 2.75) is 18.3 Å². The van der Waals surface area contributed by atoms with Crippen LogP contribution in [0.2, 0.25) is 0 Å². The summed E-state index contributed by atoms with van der Waals surface area (Å²) >= 11 is 0. The molecule has 0 saturated carbocycles. The van der Waals surface area contributed by atoms with Gasteiger partial charge in [-0.1, -0.05) is 152 Å². The van der Waals surface area contributed by atoms with E-state index in [0.717, 1.165) is 24.2 Å². The van der Waals surface area contributed by atoms with Crippen molar-refractivity contribution in [2.24, 2.45) is 0 Å². The predicted octanol–water partition coefficient (Wildman–Crippen LogP) is 11.9. The van der Waals surface area contributed by atoms with Crippen molar-refractivity contribution in [3.8, 4) is 11.1 Å². The van der Waals surface area contributed by atoms with Crippen LogP contribution in [-0.4, -0.2) is 0 Å². The minimum absolute atomic E-state index is 0.259. The lowest BCUT2D eigenvalue weighted by molar-refractivity contribution is 0.781. The van der Waals surface area contributed by atoms with Gasteiger partial charge in [-0.25, -0.2) is 0 Å². The third-order valence-electron chi connectivity index (χ3n) is 10.0. The average Bonchev–Trinajstić information content (AvgIpc) is 3.59. The fourth-order valence-corrected chi connectivity index (χ4v) is 8.07. The zero-order valence-corrected chi connectivity index (χ0v) is 25.6. The number of nitrogens with one attached hydrogen (secondary N) is 1. The maximum absolute atomic E-state index is 3.77. The predicted molar refractivity (Wildman–Crippen MR) is 195 cm³/mol. The van der Waals surface area contributed by atoms with Crippen molar-refractivity contribution >= 4 is 38.5 Å². The van der Waals surface area contributed by atoms with Gasteiger partial charge in [0, 0.05) is 16.8 Å². The number of benzene rings is 7. The first kappa shape index (κ1) is 26.7. The van der Waals surface area contributed by atoms with Crippen LogP contribution in [-0.2, 0) is 5.41 Å². The number of hydrogen-bond acceptors (Lipinski definition) is 1. The Hall–Kier alpha value is -5.66. The van der Waals surface area contributed by atoms with Crippen LogP contribution in [0.3, 0.4) is 0 Å². The normalized spacial score (nSPS) is 16.9. The third-order valence-corrected chi connectivity index (χ3v) is 10.0. The van der Waals surface area contributed by atoms with Gasteiger partial charge in [0.2, 0.25) is 0 Å². The summed E-state index contributed by atoms with van der Waals surface area (Å²) in [6.45, 7) is 0. The Labute approximate surface area is 270 Å². The third kappa shape index (κ3) is 4.02. The molecule has 0 aromatic heterocycles. The fourth-order valence-electron chi connectivity index (χ4n) is 8.07. The summed E-state index contributed by atoms with van der Waals surface area (Å²) in [5, 5.41) is 8.88. The molecule has 0 amide bonds. The molecule has 7 aromatic rings. The Morgan fingerprint density at radius 1 is 0.478 bits per heavy atom. The monoisotopic (exact) mass is 587 g/mol. The highest BCUT2D eigenvalue weighted by Crippen LogP contribution is 2.63. The molecule has 0 fully saturated rings. The first-order valence-electron chi connectivity index (χ1n) is 16.3. The van der Waals surface area contributed by atoms with E-state index < -0.39 is 0 Å². The summed E-state index contributed by atoms with van der Waals surface area (Å²) < 4.78 is 0. The molecule has 0 saturated heterocycles. The Morgan fingerprint density at radius 2 is 1.07 bits per heavy atom. The molecule has 7 aromatic carbocycles. The standard InChI is InChI=1S/C35H25N.C10H8/c1-2-12-25-23(10-1)11-9-19-34(25)36-24-20-21-29-28-15-5-8-18-32(28)35(33(29)22-24)30-16-6-3-13-26(30)27-14-4-7-17-31(27)35;1-2-6-10-8-4-3-7-9(10)5-1/h1-3,5-13,15-22,36H,4,14H2;1-8H. The van der Waals surface area contributed by atoms with Gasteiger partial charge in [0.25, 0.3) is 0 Å². The maximum atomic E-state index is 3.77. The molecular formula is C45H33N. The second kappa shape index (κ2) is 10.8. The van der Waals surface area contributed by atoms with E-state index in [1.165, 1.54) is 66.1 Å². The Balaban J connectivity index is 0.000000249. The van der Waals surface area contributed by atoms with Gasteiger partial charge in [-0.2, -0.15) is 0 Å². The second-order valence-corrected chi connectivity index (χ2v) is 12.4. The molecule has 1 N–H and O–H groups in total.